The minimum absolute atomic E-state index is 0.0649. The molecule has 1 aromatic carbocycles. The number of nitro groups is 1. The van der Waals surface area contributed by atoms with Crippen molar-refractivity contribution in [1.82, 2.24) is 4.90 Å². The molecule has 0 aromatic heterocycles. The highest BCUT2D eigenvalue weighted by molar-refractivity contribution is 5.97. The Kier molecular flexibility index (Phi) is 4.67. The average Bonchev–Trinajstić information content (AvgIpc) is 2.56. The summed E-state index contributed by atoms with van der Waals surface area (Å²) in [5.41, 5.74) is -0.0520. The van der Waals surface area contributed by atoms with Crippen LogP contribution < -0.4 is 10.1 Å². The zero-order valence-electron chi connectivity index (χ0n) is 14.8. The monoisotopic (exact) mass is 359 g/mol. The van der Waals surface area contributed by atoms with Crippen LogP contribution in [0.4, 0.5) is 11.4 Å². The molecule has 0 atom stereocenters. The second kappa shape index (κ2) is 6.78. The van der Waals surface area contributed by atoms with Gasteiger partial charge in [0.05, 0.1) is 17.5 Å². The quantitative estimate of drug-likeness (QED) is 0.658. The molecule has 0 unspecified atom stereocenters. The molecule has 26 heavy (non-hydrogen) atoms. The Morgan fingerprint density at radius 2 is 2.15 bits per heavy atom. The number of nitrogens with zero attached hydrogens (tertiary/aromatic N) is 2. The Balaban J connectivity index is 1.81. The van der Waals surface area contributed by atoms with Crippen molar-refractivity contribution in [2.24, 2.45) is 0 Å². The highest BCUT2D eigenvalue weighted by Gasteiger charge is 2.27. The maximum absolute atomic E-state index is 12.3. The van der Waals surface area contributed by atoms with Gasteiger partial charge in [0.2, 0.25) is 11.8 Å². The molecule has 0 aliphatic carbocycles. The number of nitrogens with one attached hydrogen (secondary N) is 1. The predicted octanol–water partition coefficient (Wildman–Crippen LogP) is 2.73. The van der Waals surface area contributed by atoms with E-state index in [1.807, 2.05) is 26.0 Å². The molecule has 8 nitrogen and oxygen atoms in total. The summed E-state index contributed by atoms with van der Waals surface area (Å²) in [6.07, 6.45) is 5.78. The number of anilines is 1. The lowest BCUT2D eigenvalue weighted by Crippen LogP contribution is -2.40. The molecule has 0 saturated carbocycles. The minimum atomic E-state index is -0.559. The fourth-order valence-electron chi connectivity index (χ4n) is 3.06. The Morgan fingerprint density at radius 1 is 1.38 bits per heavy atom. The van der Waals surface area contributed by atoms with Crippen molar-refractivity contribution in [3.63, 3.8) is 0 Å². The molecule has 2 aliphatic rings. The highest BCUT2D eigenvalue weighted by Crippen LogP contribution is 2.38. The van der Waals surface area contributed by atoms with Gasteiger partial charge in [0.25, 0.3) is 5.69 Å². The largest absolute Gasteiger partial charge is 0.483 e. The Hall–Kier alpha value is -2.90. The van der Waals surface area contributed by atoms with E-state index in [9.17, 15) is 19.7 Å². The zero-order chi connectivity index (χ0) is 18.9. The van der Waals surface area contributed by atoms with Gasteiger partial charge in [0.15, 0.2) is 0 Å². The number of likely N-dealkylation sites (tertiary alicyclic amines) is 1. The number of hydrogen-bond acceptors (Lipinski definition) is 5. The van der Waals surface area contributed by atoms with E-state index in [1.54, 1.807) is 0 Å². The van der Waals surface area contributed by atoms with Crippen LogP contribution in [0.25, 0.3) is 6.08 Å². The molecule has 0 spiro atoms. The molecule has 2 amide bonds. The average molecular weight is 359 g/mol. The second-order valence-electron chi connectivity index (χ2n) is 7.02. The molecule has 1 saturated heterocycles. The van der Waals surface area contributed by atoms with E-state index in [0.717, 1.165) is 12.8 Å². The van der Waals surface area contributed by atoms with E-state index in [4.69, 9.17) is 4.74 Å². The number of ether oxygens (including phenoxy) is 1. The Labute approximate surface area is 151 Å². The smallest absolute Gasteiger partial charge is 0.296 e. The standard InChI is InChI=1S/C18H21N3O5/c1-18(2)7-6-12-9-13(14(21(24)25)10-15(12)26-18)19-16(22)11-20-8-4-3-5-17(20)23/h6-7,9-10H,3-5,8,11H2,1-2H3,(H,19,22). The van der Waals surface area contributed by atoms with E-state index >= 15 is 0 Å². The third-order valence-corrected chi connectivity index (χ3v) is 4.39. The van der Waals surface area contributed by atoms with Crippen molar-refractivity contribution in [1.29, 1.82) is 0 Å². The van der Waals surface area contributed by atoms with E-state index in [-0.39, 0.29) is 23.8 Å². The van der Waals surface area contributed by atoms with E-state index < -0.39 is 16.4 Å². The topological polar surface area (TPSA) is 102 Å². The van der Waals surface area contributed by atoms with E-state index in [1.165, 1.54) is 17.0 Å². The fraction of sp³-hybridized carbons (Fsp3) is 0.444. The van der Waals surface area contributed by atoms with Gasteiger partial charge in [-0.15, -0.1) is 0 Å². The maximum Gasteiger partial charge on any atom is 0.296 e. The zero-order valence-corrected chi connectivity index (χ0v) is 14.8. The van der Waals surface area contributed by atoms with Crippen molar-refractivity contribution < 1.29 is 19.2 Å². The number of fused-ring (bicyclic) bond motifs is 1. The van der Waals surface area contributed by atoms with Gasteiger partial charge in [-0.3, -0.25) is 19.7 Å². The molecular weight excluding hydrogens is 338 g/mol. The number of benzene rings is 1. The molecule has 1 aromatic rings. The SMILES string of the molecule is CC1(C)C=Cc2cc(NC(=O)CN3CCCCC3=O)c([N+](=O)[O-])cc2O1. The van der Waals surface area contributed by atoms with Crippen LogP contribution in [0.3, 0.4) is 0 Å². The predicted molar refractivity (Wildman–Crippen MR) is 95.9 cm³/mol. The summed E-state index contributed by atoms with van der Waals surface area (Å²) < 4.78 is 5.75. The maximum atomic E-state index is 12.3. The Morgan fingerprint density at radius 3 is 2.85 bits per heavy atom. The normalized spacial score (nSPS) is 18.1. The molecule has 1 N–H and O–H groups in total. The summed E-state index contributed by atoms with van der Waals surface area (Å²) in [5, 5.41) is 14.0. The molecule has 0 radical (unpaired) electrons. The van der Waals surface area contributed by atoms with Crippen molar-refractivity contribution in [3.8, 4) is 5.75 Å². The van der Waals surface area contributed by atoms with Crippen LogP contribution in [-0.2, 0) is 9.59 Å². The van der Waals surface area contributed by atoms with Gasteiger partial charge in [0, 0.05) is 18.5 Å². The first-order valence-corrected chi connectivity index (χ1v) is 8.53. The van der Waals surface area contributed by atoms with Crippen LogP contribution >= 0.6 is 0 Å². The van der Waals surface area contributed by atoms with Gasteiger partial charge < -0.3 is 15.0 Å². The lowest BCUT2D eigenvalue weighted by atomic mass is 10.0. The van der Waals surface area contributed by atoms with Gasteiger partial charge in [-0.1, -0.05) is 6.08 Å². The van der Waals surface area contributed by atoms with E-state index in [0.29, 0.717) is 24.3 Å². The highest BCUT2D eigenvalue weighted by atomic mass is 16.6. The van der Waals surface area contributed by atoms with E-state index in [2.05, 4.69) is 5.32 Å². The summed E-state index contributed by atoms with van der Waals surface area (Å²) in [4.78, 5) is 36.4. The summed E-state index contributed by atoms with van der Waals surface area (Å²) in [6, 6.07) is 2.84. The number of carbonyl (C=O) groups excluding carboxylic acids is 2. The molecule has 8 heteroatoms. The molecule has 3 rings (SSSR count). The van der Waals surface area contributed by atoms with Crippen molar-refractivity contribution in [2.45, 2.75) is 38.7 Å². The summed E-state index contributed by atoms with van der Waals surface area (Å²) in [7, 11) is 0. The molecule has 138 valence electrons. The number of amides is 2. The molecule has 0 bridgehead atoms. The first kappa shape index (κ1) is 17.9. The van der Waals surface area contributed by atoms with Gasteiger partial charge in [0.1, 0.15) is 17.0 Å². The minimum Gasteiger partial charge on any atom is -0.483 e. The summed E-state index contributed by atoms with van der Waals surface area (Å²) >= 11 is 0. The van der Waals surface area contributed by atoms with Crippen LogP contribution in [0, 0.1) is 10.1 Å². The number of nitro benzene ring substituents is 1. The summed E-state index contributed by atoms with van der Waals surface area (Å²) in [5.74, 6) is -0.123. The van der Waals surface area contributed by atoms with Crippen LogP contribution in [0.5, 0.6) is 5.75 Å². The van der Waals surface area contributed by atoms with Crippen molar-refractivity contribution in [2.75, 3.05) is 18.4 Å². The number of piperidine rings is 1. The van der Waals surface area contributed by atoms with Gasteiger partial charge in [-0.2, -0.15) is 0 Å². The third kappa shape index (κ3) is 3.84. The molecular formula is C18H21N3O5. The van der Waals surface area contributed by atoms with Gasteiger partial charge in [-0.05, 0) is 38.8 Å². The van der Waals surface area contributed by atoms with Crippen LogP contribution in [-0.4, -0.2) is 40.3 Å². The second-order valence-corrected chi connectivity index (χ2v) is 7.02. The third-order valence-electron chi connectivity index (χ3n) is 4.39. The number of carbonyl (C=O) groups is 2. The lowest BCUT2D eigenvalue weighted by Gasteiger charge is -2.28. The fourth-order valence-corrected chi connectivity index (χ4v) is 3.06. The first-order chi connectivity index (χ1) is 12.2. The molecule has 2 aliphatic heterocycles. The molecule has 1 fully saturated rings. The van der Waals surface area contributed by atoms with Crippen LogP contribution in [0.2, 0.25) is 0 Å². The van der Waals surface area contributed by atoms with Crippen molar-refractivity contribution in [3.05, 3.63) is 33.9 Å². The first-order valence-electron chi connectivity index (χ1n) is 8.53. The number of rotatable bonds is 4. The molecule has 2 heterocycles. The van der Waals surface area contributed by atoms with Crippen LogP contribution in [0.15, 0.2) is 18.2 Å². The summed E-state index contributed by atoms with van der Waals surface area (Å²) in [6.45, 7) is 4.13. The van der Waals surface area contributed by atoms with Gasteiger partial charge >= 0.3 is 0 Å². The lowest BCUT2D eigenvalue weighted by molar-refractivity contribution is -0.384. The Bertz CT molecular complexity index is 800. The number of hydrogen-bond donors (Lipinski definition) is 1. The van der Waals surface area contributed by atoms with Crippen molar-refractivity contribution >= 4 is 29.3 Å². The van der Waals surface area contributed by atoms with Crippen LogP contribution in [0.1, 0.15) is 38.7 Å². The van der Waals surface area contributed by atoms with Gasteiger partial charge in [-0.25, -0.2) is 0 Å².